The molecule has 1 saturated heterocycles. The van der Waals surface area contributed by atoms with Crippen molar-refractivity contribution in [3.05, 3.63) is 32.7 Å². The lowest BCUT2D eigenvalue weighted by Gasteiger charge is -2.16. The number of likely N-dealkylation sites (tertiary alicyclic amines) is 1. The van der Waals surface area contributed by atoms with Crippen LogP contribution in [0.5, 0.6) is 0 Å². The maximum absolute atomic E-state index is 12.2. The first kappa shape index (κ1) is 12.4. The van der Waals surface area contributed by atoms with Gasteiger partial charge in [0.25, 0.3) is 5.91 Å². The van der Waals surface area contributed by atoms with Crippen LogP contribution in [0.15, 0.2) is 27.1 Å². The second-order valence-electron chi connectivity index (χ2n) is 3.76. The number of carbonyl (C=O) groups is 1. The minimum Gasteiger partial charge on any atom is -0.337 e. The molecule has 0 radical (unpaired) electrons. The Bertz CT molecular complexity index is 424. The summed E-state index contributed by atoms with van der Waals surface area (Å²) in [5.41, 5.74) is 0.681. The number of halogens is 3. The number of hydrogen-bond acceptors (Lipinski definition) is 1. The van der Waals surface area contributed by atoms with E-state index in [4.69, 9.17) is 11.6 Å². The fraction of sp³-hybridized carbons (Fsp3) is 0.364. The van der Waals surface area contributed by atoms with E-state index in [2.05, 4.69) is 31.9 Å². The molecule has 2 nitrogen and oxygen atoms in total. The number of carbonyl (C=O) groups excluding carboxylic acids is 1. The Morgan fingerprint density at radius 3 is 2.81 bits per heavy atom. The molecule has 2 rings (SSSR count). The van der Waals surface area contributed by atoms with E-state index in [-0.39, 0.29) is 11.3 Å². The third-order valence-electron chi connectivity index (χ3n) is 2.58. The Morgan fingerprint density at radius 2 is 2.19 bits per heavy atom. The largest absolute Gasteiger partial charge is 0.337 e. The van der Waals surface area contributed by atoms with Gasteiger partial charge in [0.15, 0.2) is 0 Å². The summed E-state index contributed by atoms with van der Waals surface area (Å²) in [5, 5.41) is 0.0925. The van der Waals surface area contributed by atoms with Crippen molar-refractivity contribution in [3.63, 3.8) is 0 Å². The molecular formula is C11H10Br2ClNO. The van der Waals surface area contributed by atoms with Gasteiger partial charge in [0, 0.05) is 22.0 Å². The zero-order valence-electron chi connectivity index (χ0n) is 8.42. The molecular weight excluding hydrogens is 357 g/mol. The van der Waals surface area contributed by atoms with Gasteiger partial charge in [0.1, 0.15) is 0 Å². The summed E-state index contributed by atoms with van der Waals surface area (Å²) < 4.78 is 1.72. The number of hydrogen-bond donors (Lipinski definition) is 0. The Labute approximate surface area is 116 Å². The summed E-state index contributed by atoms with van der Waals surface area (Å²) in [4.78, 5) is 14.0. The van der Waals surface area contributed by atoms with Crippen LogP contribution in [0.25, 0.3) is 0 Å². The second-order valence-corrected chi connectivity index (χ2v) is 6.15. The van der Waals surface area contributed by atoms with Crippen LogP contribution in [-0.4, -0.2) is 29.3 Å². The number of nitrogens with zero attached hydrogens (tertiary/aromatic N) is 1. The van der Waals surface area contributed by atoms with Gasteiger partial charge in [0.05, 0.1) is 10.9 Å². The minimum atomic E-state index is 0.0383. The second kappa shape index (κ2) is 5.07. The molecule has 0 aliphatic carbocycles. The van der Waals surface area contributed by atoms with E-state index < -0.39 is 0 Å². The Morgan fingerprint density at radius 1 is 1.44 bits per heavy atom. The average Bonchev–Trinajstić information content (AvgIpc) is 2.67. The minimum absolute atomic E-state index is 0.0383. The molecule has 1 aromatic rings. The summed E-state index contributed by atoms with van der Waals surface area (Å²) in [6.07, 6.45) is 0.874. The lowest BCUT2D eigenvalue weighted by Crippen LogP contribution is -2.29. The lowest BCUT2D eigenvalue weighted by molar-refractivity contribution is 0.0792. The molecule has 0 saturated carbocycles. The molecule has 0 bridgehead atoms. The van der Waals surface area contributed by atoms with Gasteiger partial charge in [-0.25, -0.2) is 0 Å². The smallest absolute Gasteiger partial charge is 0.255 e. The van der Waals surface area contributed by atoms with Gasteiger partial charge in [-0.2, -0.15) is 0 Å². The molecule has 1 unspecified atom stereocenters. The summed E-state index contributed by atoms with van der Waals surface area (Å²) >= 11 is 12.8. The van der Waals surface area contributed by atoms with Crippen LogP contribution in [0.3, 0.4) is 0 Å². The van der Waals surface area contributed by atoms with E-state index in [0.717, 1.165) is 21.9 Å². The van der Waals surface area contributed by atoms with Crippen LogP contribution in [0.1, 0.15) is 16.8 Å². The van der Waals surface area contributed by atoms with Crippen molar-refractivity contribution in [1.82, 2.24) is 4.90 Å². The monoisotopic (exact) mass is 365 g/mol. The number of alkyl halides is 1. The summed E-state index contributed by atoms with van der Waals surface area (Å²) in [6, 6.07) is 5.59. The van der Waals surface area contributed by atoms with Crippen molar-refractivity contribution >= 4 is 49.4 Å². The Kier molecular flexibility index (Phi) is 3.93. The van der Waals surface area contributed by atoms with Gasteiger partial charge in [0.2, 0.25) is 0 Å². The molecule has 0 N–H and O–H groups in total. The van der Waals surface area contributed by atoms with Crippen molar-refractivity contribution in [1.29, 1.82) is 0 Å². The van der Waals surface area contributed by atoms with Crippen molar-refractivity contribution in [2.45, 2.75) is 11.8 Å². The van der Waals surface area contributed by atoms with E-state index in [1.54, 1.807) is 4.90 Å². The van der Waals surface area contributed by atoms with Gasteiger partial charge in [-0.15, -0.1) is 11.6 Å². The molecule has 1 fully saturated rings. The van der Waals surface area contributed by atoms with Crippen molar-refractivity contribution in [2.75, 3.05) is 13.1 Å². The summed E-state index contributed by atoms with van der Waals surface area (Å²) in [5.74, 6) is 0.0383. The lowest BCUT2D eigenvalue weighted by atomic mass is 10.2. The van der Waals surface area contributed by atoms with E-state index in [1.807, 2.05) is 18.2 Å². The van der Waals surface area contributed by atoms with E-state index in [0.29, 0.717) is 12.1 Å². The third-order valence-corrected chi connectivity index (χ3v) is 4.12. The van der Waals surface area contributed by atoms with Crippen LogP contribution in [0.2, 0.25) is 0 Å². The zero-order valence-corrected chi connectivity index (χ0v) is 12.3. The predicted octanol–water partition coefficient (Wildman–Crippen LogP) is 3.66. The highest BCUT2D eigenvalue weighted by atomic mass is 79.9. The fourth-order valence-corrected chi connectivity index (χ4v) is 2.78. The molecule has 86 valence electrons. The van der Waals surface area contributed by atoms with Crippen molar-refractivity contribution in [2.24, 2.45) is 0 Å². The topological polar surface area (TPSA) is 20.3 Å². The molecule has 1 aromatic carbocycles. The van der Waals surface area contributed by atoms with E-state index >= 15 is 0 Å². The molecule has 1 atom stereocenters. The third kappa shape index (κ3) is 2.60. The highest BCUT2D eigenvalue weighted by Gasteiger charge is 2.26. The molecule has 16 heavy (non-hydrogen) atoms. The molecule has 0 aromatic heterocycles. The zero-order chi connectivity index (χ0) is 11.7. The highest BCUT2D eigenvalue weighted by molar-refractivity contribution is 9.11. The van der Waals surface area contributed by atoms with Gasteiger partial charge < -0.3 is 4.90 Å². The van der Waals surface area contributed by atoms with Crippen LogP contribution < -0.4 is 0 Å². The molecule has 1 aliphatic rings. The summed E-state index contributed by atoms with van der Waals surface area (Å²) in [6.45, 7) is 1.38. The van der Waals surface area contributed by atoms with Crippen LogP contribution in [-0.2, 0) is 0 Å². The standard InChI is InChI=1S/C11H10Br2ClNO/c12-7-1-2-10(13)9(5-7)11(16)15-4-3-8(14)6-15/h1-2,5,8H,3-4,6H2. The van der Waals surface area contributed by atoms with Gasteiger partial charge >= 0.3 is 0 Å². The highest BCUT2D eigenvalue weighted by Crippen LogP contribution is 2.25. The number of rotatable bonds is 1. The molecule has 5 heteroatoms. The maximum atomic E-state index is 12.2. The number of benzene rings is 1. The Balaban J connectivity index is 2.23. The normalized spacial score (nSPS) is 20.2. The quantitative estimate of drug-likeness (QED) is 0.694. The number of amides is 1. The first-order valence-corrected chi connectivity index (χ1v) is 6.98. The predicted molar refractivity (Wildman–Crippen MR) is 72.0 cm³/mol. The van der Waals surface area contributed by atoms with Gasteiger partial charge in [-0.05, 0) is 40.5 Å². The molecule has 1 aliphatic heterocycles. The maximum Gasteiger partial charge on any atom is 0.255 e. The van der Waals surface area contributed by atoms with E-state index in [9.17, 15) is 4.79 Å². The van der Waals surface area contributed by atoms with Crippen molar-refractivity contribution in [3.8, 4) is 0 Å². The average molecular weight is 367 g/mol. The van der Waals surface area contributed by atoms with E-state index in [1.165, 1.54) is 0 Å². The van der Waals surface area contributed by atoms with Crippen LogP contribution in [0.4, 0.5) is 0 Å². The Hall–Kier alpha value is -0.0600. The van der Waals surface area contributed by atoms with Gasteiger partial charge in [-0.3, -0.25) is 4.79 Å². The molecule has 0 spiro atoms. The summed E-state index contributed by atoms with van der Waals surface area (Å²) in [7, 11) is 0. The first-order chi connectivity index (χ1) is 7.58. The SMILES string of the molecule is O=C(c1cc(Br)ccc1Br)N1CCC(Cl)C1. The van der Waals surface area contributed by atoms with Crippen molar-refractivity contribution < 1.29 is 4.79 Å². The molecule has 1 amide bonds. The first-order valence-electron chi connectivity index (χ1n) is 4.96. The van der Waals surface area contributed by atoms with Gasteiger partial charge in [-0.1, -0.05) is 15.9 Å². The fourth-order valence-electron chi connectivity index (χ4n) is 1.73. The van der Waals surface area contributed by atoms with Crippen LogP contribution >= 0.6 is 43.5 Å². The molecule has 1 heterocycles. The van der Waals surface area contributed by atoms with Crippen LogP contribution in [0, 0.1) is 0 Å².